The monoisotopic (exact) mass is 311 g/mol. The molecule has 0 unspecified atom stereocenters. The van der Waals surface area contributed by atoms with Crippen LogP contribution in [0.1, 0.15) is 37.8 Å². The van der Waals surface area contributed by atoms with E-state index < -0.39 is 16.1 Å². The smallest absolute Gasteiger partial charge is 0.238 e. The second-order valence-corrected chi connectivity index (χ2v) is 7.33. The number of hydrogen-bond acceptors (Lipinski definition) is 4. The van der Waals surface area contributed by atoms with Crippen LogP contribution < -0.4 is 5.32 Å². The van der Waals surface area contributed by atoms with Gasteiger partial charge in [0.15, 0.2) is 0 Å². The van der Waals surface area contributed by atoms with Crippen LogP contribution in [-0.2, 0) is 14.8 Å². The molecular formula is C14H21N3O3S. The van der Waals surface area contributed by atoms with Crippen molar-refractivity contribution in [2.45, 2.75) is 38.3 Å². The number of pyridine rings is 1. The number of sulfonamides is 1. The van der Waals surface area contributed by atoms with Crippen LogP contribution in [0.4, 0.5) is 0 Å². The van der Waals surface area contributed by atoms with Crippen LogP contribution in [-0.4, -0.2) is 42.5 Å². The first-order valence-corrected chi connectivity index (χ1v) is 8.91. The van der Waals surface area contributed by atoms with E-state index in [0.717, 1.165) is 24.7 Å². The summed E-state index contributed by atoms with van der Waals surface area (Å²) in [6.45, 7) is 2.29. The minimum atomic E-state index is -3.36. The number of carbonyl (C=O) groups excluding carboxylic acids is 1. The van der Waals surface area contributed by atoms with Gasteiger partial charge in [-0.3, -0.25) is 9.78 Å². The summed E-state index contributed by atoms with van der Waals surface area (Å²) in [6, 6.07) is 2.89. The summed E-state index contributed by atoms with van der Waals surface area (Å²) in [5.74, 6) is -0.232. The fourth-order valence-electron chi connectivity index (χ4n) is 2.61. The zero-order chi connectivity index (χ0) is 15.5. The van der Waals surface area contributed by atoms with Gasteiger partial charge in [0.25, 0.3) is 0 Å². The normalized spacial score (nSPS) is 21.7. The second kappa shape index (κ2) is 6.53. The lowest BCUT2D eigenvalue weighted by atomic mass is 10.0. The SMILES string of the molecule is C[C@H](NC(=O)[C@H]1CCCCN1S(C)(=O)=O)c1ccncc1. The van der Waals surface area contributed by atoms with Gasteiger partial charge in [-0.05, 0) is 37.5 Å². The summed E-state index contributed by atoms with van der Waals surface area (Å²) < 4.78 is 24.9. The van der Waals surface area contributed by atoms with Gasteiger partial charge in [-0.15, -0.1) is 0 Å². The molecule has 6 nitrogen and oxygen atoms in total. The molecule has 21 heavy (non-hydrogen) atoms. The summed E-state index contributed by atoms with van der Waals surface area (Å²) in [5, 5.41) is 2.90. The molecule has 0 aromatic carbocycles. The molecule has 116 valence electrons. The third-order valence-corrected chi connectivity index (χ3v) is 5.04. The van der Waals surface area contributed by atoms with Crippen molar-refractivity contribution in [3.8, 4) is 0 Å². The van der Waals surface area contributed by atoms with E-state index in [1.165, 1.54) is 4.31 Å². The molecule has 1 N–H and O–H groups in total. The highest BCUT2D eigenvalue weighted by Crippen LogP contribution is 2.21. The Morgan fingerprint density at radius 2 is 2.05 bits per heavy atom. The number of carbonyl (C=O) groups is 1. The Hall–Kier alpha value is -1.47. The van der Waals surface area contributed by atoms with Crippen LogP contribution in [0.2, 0.25) is 0 Å². The zero-order valence-electron chi connectivity index (χ0n) is 12.3. The molecule has 1 fully saturated rings. The largest absolute Gasteiger partial charge is 0.348 e. The molecule has 1 aliphatic heterocycles. The topological polar surface area (TPSA) is 79.4 Å². The summed E-state index contributed by atoms with van der Waals surface area (Å²) in [5.41, 5.74) is 0.945. The van der Waals surface area contributed by atoms with Crippen molar-refractivity contribution in [3.63, 3.8) is 0 Å². The van der Waals surface area contributed by atoms with E-state index >= 15 is 0 Å². The number of hydrogen-bond donors (Lipinski definition) is 1. The van der Waals surface area contributed by atoms with Gasteiger partial charge >= 0.3 is 0 Å². The zero-order valence-corrected chi connectivity index (χ0v) is 13.1. The molecule has 1 saturated heterocycles. The van der Waals surface area contributed by atoms with Crippen molar-refractivity contribution in [3.05, 3.63) is 30.1 Å². The van der Waals surface area contributed by atoms with Crippen LogP contribution in [0.5, 0.6) is 0 Å². The summed E-state index contributed by atoms with van der Waals surface area (Å²) in [7, 11) is -3.36. The first-order valence-electron chi connectivity index (χ1n) is 7.06. The number of rotatable bonds is 4. The Morgan fingerprint density at radius 3 is 2.67 bits per heavy atom. The maximum absolute atomic E-state index is 12.4. The van der Waals surface area contributed by atoms with E-state index in [4.69, 9.17) is 0 Å². The molecule has 1 aromatic heterocycles. The van der Waals surface area contributed by atoms with Gasteiger partial charge in [0.05, 0.1) is 12.3 Å². The lowest BCUT2D eigenvalue weighted by Crippen LogP contribution is -2.51. The fourth-order valence-corrected chi connectivity index (χ4v) is 3.73. The molecule has 0 spiro atoms. The molecule has 2 rings (SSSR count). The maximum atomic E-state index is 12.4. The third-order valence-electron chi connectivity index (χ3n) is 3.75. The predicted octanol–water partition coefficient (Wildman–Crippen LogP) is 1.07. The van der Waals surface area contributed by atoms with E-state index in [-0.39, 0.29) is 11.9 Å². The Labute approximate surface area is 125 Å². The van der Waals surface area contributed by atoms with E-state index in [2.05, 4.69) is 10.3 Å². The maximum Gasteiger partial charge on any atom is 0.238 e. The van der Waals surface area contributed by atoms with Crippen LogP contribution in [0.15, 0.2) is 24.5 Å². The highest BCUT2D eigenvalue weighted by atomic mass is 32.2. The number of piperidine rings is 1. The average molecular weight is 311 g/mol. The van der Waals surface area contributed by atoms with Gasteiger partial charge in [0.2, 0.25) is 15.9 Å². The highest BCUT2D eigenvalue weighted by Gasteiger charge is 2.34. The lowest BCUT2D eigenvalue weighted by molar-refractivity contribution is -0.126. The Kier molecular flexibility index (Phi) is 4.95. The first kappa shape index (κ1) is 15.9. The minimum Gasteiger partial charge on any atom is -0.348 e. The molecule has 2 atom stereocenters. The van der Waals surface area contributed by atoms with Crippen molar-refractivity contribution >= 4 is 15.9 Å². The van der Waals surface area contributed by atoms with Crippen molar-refractivity contribution in [1.29, 1.82) is 0 Å². The number of amides is 1. The molecule has 0 saturated carbocycles. The van der Waals surface area contributed by atoms with Crippen molar-refractivity contribution in [2.75, 3.05) is 12.8 Å². The average Bonchev–Trinajstić information content (AvgIpc) is 2.47. The van der Waals surface area contributed by atoms with Crippen LogP contribution in [0, 0.1) is 0 Å². The van der Waals surface area contributed by atoms with Gasteiger partial charge in [-0.25, -0.2) is 8.42 Å². The van der Waals surface area contributed by atoms with E-state index in [1.54, 1.807) is 12.4 Å². The molecule has 0 aliphatic carbocycles. The third kappa shape index (κ3) is 4.01. The fraction of sp³-hybridized carbons (Fsp3) is 0.571. The molecule has 2 heterocycles. The summed E-state index contributed by atoms with van der Waals surface area (Å²) in [4.78, 5) is 16.3. The minimum absolute atomic E-state index is 0.177. The Balaban J connectivity index is 2.08. The number of nitrogens with zero attached hydrogens (tertiary/aromatic N) is 2. The lowest BCUT2D eigenvalue weighted by Gasteiger charge is -2.33. The second-order valence-electron chi connectivity index (χ2n) is 5.40. The standard InChI is InChI=1S/C14H21N3O3S/c1-11(12-6-8-15-9-7-12)16-14(18)13-5-3-4-10-17(13)21(2,19)20/h6-9,11,13H,3-5,10H2,1-2H3,(H,16,18)/t11-,13+/m0/s1. The molecule has 1 aromatic rings. The predicted molar refractivity (Wildman–Crippen MR) is 80.0 cm³/mol. The van der Waals surface area contributed by atoms with Crippen molar-refractivity contribution < 1.29 is 13.2 Å². The van der Waals surface area contributed by atoms with Gasteiger partial charge in [0.1, 0.15) is 6.04 Å². The van der Waals surface area contributed by atoms with E-state index in [9.17, 15) is 13.2 Å². The Morgan fingerprint density at radius 1 is 1.38 bits per heavy atom. The summed E-state index contributed by atoms with van der Waals surface area (Å²) in [6.07, 6.45) is 6.74. The number of aromatic nitrogens is 1. The van der Waals surface area contributed by atoms with Gasteiger partial charge in [-0.1, -0.05) is 6.42 Å². The van der Waals surface area contributed by atoms with E-state index in [0.29, 0.717) is 13.0 Å². The molecule has 1 amide bonds. The molecule has 0 bridgehead atoms. The van der Waals surface area contributed by atoms with Crippen molar-refractivity contribution in [1.82, 2.24) is 14.6 Å². The molecule has 0 radical (unpaired) electrons. The molecular weight excluding hydrogens is 290 g/mol. The number of nitrogens with one attached hydrogen (secondary N) is 1. The van der Waals surface area contributed by atoms with Gasteiger partial charge in [-0.2, -0.15) is 4.31 Å². The van der Waals surface area contributed by atoms with E-state index in [1.807, 2.05) is 19.1 Å². The molecule has 1 aliphatic rings. The summed E-state index contributed by atoms with van der Waals surface area (Å²) >= 11 is 0. The highest BCUT2D eigenvalue weighted by molar-refractivity contribution is 7.88. The quantitative estimate of drug-likeness (QED) is 0.902. The van der Waals surface area contributed by atoms with Gasteiger partial charge in [0, 0.05) is 18.9 Å². The van der Waals surface area contributed by atoms with Crippen molar-refractivity contribution in [2.24, 2.45) is 0 Å². The van der Waals surface area contributed by atoms with Crippen LogP contribution in [0.25, 0.3) is 0 Å². The Bertz CT molecular complexity index is 589. The molecule has 7 heteroatoms. The van der Waals surface area contributed by atoms with Crippen LogP contribution in [0.3, 0.4) is 0 Å². The van der Waals surface area contributed by atoms with Crippen LogP contribution >= 0.6 is 0 Å². The first-order chi connectivity index (χ1) is 9.89. The van der Waals surface area contributed by atoms with Gasteiger partial charge < -0.3 is 5.32 Å².